The predicted molar refractivity (Wildman–Crippen MR) is 74.9 cm³/mol. The standard InChI is InChI=1S/C15H16N2O2/c1-2-9-17-10-8-14(11-17)16-15(18)19-12-13-6-4-3-5-7-13/h2-8,10-11H,1,9,12H2,(H,16,18). The molecule has 1 aromatic heterocycles. The normalized spacial score (nSPS) is 9.89. The van der Waals surface area contributed by atoms with E-state index in [1.54, 1.807) is 6.08 Å². The summed E-state index contributed by atoms with van der Waals surface area (Å²) in [6.07, 6.45) is 5.03. The van der Waals surface area contributed by atoms with E-state index in [1.807, 2.05) is 53.4 Å². The minimum Gasteiger partial charge on any atom is -0.444 e. The van der Waals surface area contributed by atoms with Gasteiger partial charge in [-0.2, -0.15) is 0 Å². The number of ether oxygens (including phenoxy) is 1. The molecule has 0 atom stereocenters. The number of carbonyl (C=O) groups is 1. The van der Waals surface area contributed by atoms with Crippen molar-refractivity contribution >= 4 is 11.8 Å². The molecule has 1 aromatic carbocycles. The molecule has 2 rings (SSSR count). The number of benzene rings is 1. The van der Waals surface area contributed by atoms with Crippen LogP contribution in [0.5, 0.6) is 0 Å². The third kappa shape index (κ3) is 4.03. The fourth-order valence-electron chi connectivity index (χ4n) is 1.65. The van der Waals surface area contributed by atoms with Gasteiger partial charge >= 0.3 is 6.09 Å². The van der Waals surface area contributed by atoms with Gasteiger partial charge in [0.25, 0.3) is 0 Å². The van der Waals surface area contributed by atoms with E-state index in [4.69, 9.17) is 4.74 Å². The van der Waals surface area contributed by atoms with Crippen LogP contribution < -0.4 is 5.32 Å². The average Bonchev–Trinajstić information content (AvgIpc) is 2.85. The number of nitrogens with zero attached hydrogens (tertiary/aromatic N) is 1. The smallest absolute Gasteiger partial charge is 0.412 e. The Hall–Kier alpha value is -2.49. The maximum atomic E-state index is 11.6. The average molecular weight is 256 g/mol. The lowest BCUT2D eigenvalue weighted by molar-refractivity contribution is 0.155. The van der Waals surface area contributed by atoms with E-state index in [-0.39, 0.29) is 6.61 Å². The first-order chi connectivity index (χ1) is 9.28. The minimum atomic E-state index is -0.458. The molecule has 0 radical (unpaired) electrons. The van der Waals surface area contributed by atoms with Crippen molar-refractivity contribution < 1.29 is 9.53 Å². The highest BCUT2D eigenvalue weighted by Gasteiger charge is 2.04. The van der Waals surface area contributed by atoms with Crippen LogP contribution in [-0.2, 0) is 17.9 Å². The molecule has 4 nitrogen and oxygen atoms in total. The van der Waals surface area contributed by atoms with Gasteiger partial charge in [-0.05, 0) is 11.6 Å². The van der Waals surface area contributed by atoms with Gasteiger partial charge in [-0.25, -0.2) is 4.79 Å². The van der Waals surface area contributed by atoms with E-state index in [2.05, 4.69) is 11.9 Å². The maximum Gasteiger partial charge on any atom is 0.412 e. The Labute approximate surface area is 112 Å². The van der Waals surface area contributed by atoms with Crippen LogP contribution in [0.4, 0.5) is 10.5 Å². The number of carbonyl (C=O) groups excluding carboxylic acids is 1. The molecule has 0 aliphatic rings. The molecule has 0 aliphatic heterocycles. The maximum absolute atomic E-state index is 11.6. The molecule has 1 N–H and O–H groups in total. The van der Waals surface area contributed by atoms with E-state index < -0.39 is 6.09 Å². The molecule has 19 heavy (non-hydrogen) atoms. The first kappa shape index (κ1) is 13.0. The van der Waals surface area contributed by atoms with E-state index in [0.717, 1.165) is 5.56 Å². The number of hydrogen-bond donors (Lipinski definition) is 1. The molecule has 1 heterocycles. The zero-order valence-corrected chi connectivity index (χ0v) is 10.6. The largest absolute Gasteiger partial charge is 0.444 e. The van der Waals surface area contributed by atoms with E-state index in [1.165, 1.54) is 0 Å². The summed E-state index contributed by atoms with van der Waals surface area (Å²) in [5.74, 6) is 0. The monoisotopic (exact) mass is 256 g/mol. The summed E-state index contributed by atoms with van der Waals surface area (Å²) in [5, 5.41) is 2.67. The highest BCUT2D eigenvalue weighted by atomic mass is 16.5. The van der Waals surface area contributed by atoms with E-state index in [9.17, 15) is 4.79 Å². The van der Waals surface area contributed by atoms with Crippen molar-refractivity contribution in [2.24, 2.45) is 0 Å². The molecule has 2 aromatic rings. The van der Waals surface area contributed by atoms with Crippen LogP contribution >= 0.6 is 0 Å². The molecule has 0 unspecified atom stereocenters. The molecule has 0 fully saturated rings. The number of anilines is 1. The molecule has 1 amide bonds. The summed E-state index contributed by atoms with van der Waals surface area (Å²) in [6.45, 7) is 4.63. The van der Waals surface area contributed by atoms with Crippen molar-refractivity contribution in [2.75, 3.05) is 5.32 Å². The van der Waals surface area contributed by atoms with Gasteiger partial charge < -0.3 is 9.30 Å². The Morgan fingerprint density at radius 3 is 2.84 bits per heavy atom. The molecular formula is C15H16N2O2. The quantitative estimate of drug-likeness (QED) is 0.833. The number of aromatic nitrogens is 1. The van der Waals surface area contributed by atoms with Gasteiger partial charge in [-0.3, -0.25) is 5.32 Å². The molecule has 0 bridgehead atoms. The lowest BCUT2D eigenvalue weighted by Crippen LogP contribution is -2.13. The number of nitrogens with one attached hydrogen (secondary N) is 1. The van der Waals surface area contributed by atoms with Crippen molar-refractivity contribution in [3.63, 3.8) is 0 Å². The van der Waals surface area contributed by atoms with Gasteiger partial charge in [-0.1, -0.05) is 36.4 Å². The van der Waals surface area contributed by atoms with Gasteiger partial charge in [0.05, 0.1) is 5.69 Å². The van der Waals surface area contributed by atoms with Crippen LogP contribution in [0.1, 0.15) is 5.56 Å². The van der Waals surface area contributed by atoms with Crippen LogP contribution in [0.2, 0.25) is 0 Å². The SMILES string of the molecule is C=CCn1ccc(NC(=O)OCc2ccccc2)c1. The van der Waals surface area contributed by atoms with Crippen molar-refractivity contribution in [2.45, 2.75) is 13.2 Å². The molecule has 0 saturated carbocycles. The number of hydrogen-bond acceptors (Lipinski definition) is 2. The second kappa shape index (κ2) is 6.44. The lowest BCUT2D eigenvalue weighted by atomic mass is 10.2. The fourth-order valence-corrected chi connectivity index (χ4v) is 1.65. The summed E-state index contributed by atoms with van der Waals surface area (Å²) in [6, 6.07) is 11.4. The number of allylic oxidation sites excluding steroid dienone is 1. The molecule has 98 valence electrons. The Bertz CT molecular complexity index is 546. The van der Waals surface area contributed by atoms with Crippen LogP contribution in [0.15, 0.2) is 61.4 Å². The summed E-state index contributed by atoms with van der Waals surface area (Å²) < 4.78 is 7.04. The van der Waals surface area contributed by atoms with Crippen LogP contribution in [0.25, 0.3) is 0 Å². The first-order valence-corrected chi connectivity index (χ1v) is 6.02. The van der Waals surface area contributed by atoms with Crippen LogP contribution in [0, 0.1) is 0 Å². The molecule has 0 aliphatic carbocycles. The zero-order chi connectivity index (χ0) is 13.5. The van der Waals surface area contributed by atoms with Gasteiger partial charge in [-0.15, -0.1) is 6.58 Å². The minimum absolute atomic E-state index is 0.264. The summed E-state index contributed by atoms with van der Waals surface area (Å²) >= 11 is 0. The zero-order valence-electron chi connectivity index (χ0n) is 10.6. The lowest BCUT2D eigenvalue weighted by Gasteiger charge is -2.05. The van der Waals surface area contributed by atoms with Gasteiger partial charge in [0.15, 0.2) is 0 Å². The van der Waals surface area contributed by atoms with Gasteiger partial charge in [0.2, 0.25) is 0 Å². The number of rotatable bonds is 5. The van der Waals surface area contributed by atoms with E-state index in [0.29, 0.717) is 12.2 Å². The highest BCUT2D eigenvalue weighted by Crippen LogP contribution is 2.09. The van der Waals surface area contributed by atoms with Crippen molar-refractivity contribution in [3.05, 3.63) is 67.0 Å². The fraction of sp³-hybridized carbons (Fsp3) is 0.133. The van der Waals surface area contributed by atoms with Crippen LogP contribution in [-0.4, -0.2) is 10.7 Å². The van der Waals surface area contributed by atoms with Crippen molar-refractivity contribution in [1.29, 1.82) is 0 Å². The molecule has 0 saturated heterocycles. The van der Waals surface area contributed by atoms with E-state index >= 15 is 0 Å². The molecular weight excluding hydrogens is 240 g/mol. The Morgan fingerprint density at radius 1 is 1.32 bits per heavy atom. The molecule has 4 heteroatoms. The second-order valence-corrected chi connectivity index (χ2v) is 4.07. The third-order valence-corrected chi connectivity index (χ3v) is 2.55. The Kier molecular flexibility index (Phi) is 4.39. The third-order valence-electron chi connectivity index (χ3n) is 2.55. The second-order valence-electron chi connectivity index (χ2n) is 4.07. The van der Waals surface area contributed by atoms with Crippen molar-refractivity contribution in [3.8, 4) is 0 Å². The number of amides is 1. The summed E-state index contributed by atoms with van der Waals surface area (Å²) in [5.41, 5.74) is 1.67. The van der Waals surface area contributed by atoms with Crippen LogP contribution in [0.3, 0.4) is 0 Å². The first-order valence-electron chi connectivity index (χ1n) is 6.02. The summed E-state index contributed by atoms with van der Waals surface area (Å²) in [7, 11) is 0. The Balaban J connectivity index is 1.82. The predicted octanol–water partition coefficient (Wildman–Crippen LogP) is 3.42. The highest BCUT2D eigenvalue weighted by molar-refractivity contribution is 5.84. The van der Waals surface area contributed by atoms with Gasteiger partial charge in [0, 0.05) is 18.9 Å². The van der Waals surface area contributed by atoms with Crippen molar-refractivity contribution in [1.82, 2.24) is 4.57 Å². The summed E-state index contributed by atoms with van der Waals surface area (Å²) in [4.78, 5) is 11.6. The Morgan fingerprint density at radius 2 is 2.11 bits per heavy atom. The van der Waals surface area contributed by atoms with Gasteiger partial charge in [0.1, 0.15) is 6.61 Å². The molecule has 0 spiro atoms. The topological polar surface area (TPSA) is 43.3 Å².